The van der Waals surface area contributed by atoms with Gasteiger partial charge < -0.3 is 14.8 Å². The van der Waals surface area contributed by atoms with E-state index in [1.165, 1.54) is 0 Å². The lowest BCUT2D eigenvalue weighted by Gasteiger charge is -2.21. The number of halogens is 1. The van der Waals surface area contributed by atoms with E-state index in [4.69, 9.17) is 9.47 Å². The Balaban J connectivity index is 1.80. The largest absolute Gasteiger partial charge is 0.486 e. The summed E-state index contributed by atoms with van der Waals surface area (Å²) in [5.74, 6) is 0.735. The predicted octanol–water partition coefficient (Wildman–Crippen LogP) is 2.08. The van der Waals surface area contributed by atoms with Crippen molar-refractivity contribution >= 4 is 5.91 Å². The van der Waals surface area contributed by atoms with E-state index in [0.717, 1.165) is 6.42 Å². The first-order valence-electron chi connectivity index (χ1n) is 6.59. The van der Waals surface area contributed by atoms with Crippen LogP contribution >= 0.6 is 0 Å². The average Bonchev–Trinajstić information content (AvgIpc) is 2.83. The van der Waals surface area contributed by atoms with Crippen molar-refractivity contribution in [2.24, 2.45) is 0 Å². The third-order valence-corrected chi connectivity index (χ3v) is 3.56. The number of carbonyl (C=O) groups is 1. The Labute approximate surface area is 110 Å². The van der Waals surface area contributed by atoms with Crippen LogP contribution in [-0.4, -0.2) is 31.3 Å². The van der Waals surface area contributed by atoms with E-state index in [9.17, 15) is 9.18 Å². The standard InChI is InChI=1S/C14H16FNO3/c15-10-4-2-5-11(10)16-14(17)9-3-1-6-12-13(9)19-8-7-18-12/h1,3,6,10-11H,2,4-5,7-8H2,(H,16,17). The number of fused-ring (bicyclic) bond motifs is 1. The van der Waals surface area contributed by atoms with Crippen LogP contribution in [0.1, 0.15) is 29.6 Å². The second-order valence-corrected chi connectivity index (χ2v) is 4.86. The molecule has 1 aromatic rings. The molecule has 0 spiro atoms. The summed E-state index contributed by atoms with van der Waals surface area (Å²) >= 11 is 0. The lowest BCUT2D eigenvalue weighted by atomic mass is 10.1. The third-order valence-electron chi connectivity index (χ3n) is 3.56. The van der Waals surface area contributed by atoms with Gasteiger partial charge in [0, 0.05) is 0 Å². The first kappa shape index (κ1) is 12.3. The summed E-state index contributed by atoms with van der Waals surface area (Å²) in [7, 11) is 0. The zero-order valence-electron chi connectivity index (χ0n) is 10.5. The molecular formula is C14H16FNO3. The molecule has 3 rings (SSSR count). The molecule has 1 aromatic carbocycles. The fourth-order valence-electron chi connectivity index (χ4n) is 2.58. The molecular weight excluding hydrogens is 249 g/mol. The Morgan fingerprint density at radius 1 is 1.26 bits per heavy atom. The van der Waals surface area contributed by atoms with Crippen molar-refractivity contribution < 1.29 is 18.7 Å². The molecule has 2 atom stereocenters. The molecule has 5 heteroatoms. The fraction of sp³-hybridized carbons (Fsp3) is 0.500. The monoisotopic (exact) mass is 265 g/mol. The number of benzene rings is 1. The van der Waals surface area contributed by atoms with Gasteiger partial charge in [-0.05, 0) is 31.4 Å². The zero-order valence-corrected chi connectivity index (χ0v) is 10.5. The average molecular weight is 265 g/mol. The maximum absolute atomic E-state index is 13.5. The minimum Gasteiger partial charge on any atom is -0.486 e. The summed E-state index contributed by atoms with van der Waals surface area (Å²) in [6, 6.07) is 4.79. The molecule has 1 saturated carbocycles. The van der Waals surface area contributed by atoms with Crippen LogP contribution in [0.3, 0.4) is 0 Å². The summed E-state index contributed by atoms with van der Waals surface area (Å²) in [6.45, 7) is 0.902. The van der Waals surface area contributed by atoms with Gasteiger partial charge in [0.1, 0.15) is 19.4 Å². The van der Waals surface area contributed by atoms with Crippen LogP contribution in [0.25, 0.3) is 0 Å². The number of hydrogen-bond donors (Lipinski definition) is 1. The van der Waals surface area contributed by atoms with Gasteiger partial charge in [-0.15, -0.1) is 0 Å². The van der Waals surface area contributed by atoms with Crippen molar-refractivity contribution in [2.75, 3.05) is 13.2 Å². The molecule has 2 aliphatic rings. The summed E-state index contributed by atoms with van der Waals surface area (Å²) < 4.78 is 24.4. The molecule has 0 saturated heterocycles. The molecule has 1 aliphatic heterocycles. The molecule has 1 heterocycles. The smallest absolute Gasteiger partial charge is 0.255 e. The number of nitrogens with one attached hydrogen (secondary N) is 1. The van der Waals surface area contributed by atoms with Gasteiger partial charge in [0.2, 0.25) is 0 Å². The van der Waals surface area contributed by atoms with Crippen LogP contribution < -0.4 is 14.8 Å². The van der Waals surface area contributed by atoms with Gasteiger partial charge in [-0.2, -0.15) is 0 Å². The second-order valence-electron chi connectivity index (χ2n) is 4.86. The summed E-state index contributed by atoms with van der Waals surface area (Å²) in [6.07, 6.45) is 1.09. The number of rotatable bonds is 2. The Hall–Kier alpha value is -1.78. The highest BCUT2D eigenvalue weighted by molar-refractivity contribution is 5.98. The van der Waals surface area contributed by atoms with Gasteiger partial charge in [0.15, 0.2) is 11.5 Å². The van der Waals surface area contributed by atoms with Crippen molar-refractivity contribution in [3.05, 3.63) is 23.8 Å². The molecule has 2 unspecified atom stereocenters. The molecule has 1 amide bonds. The minimum absolute atomic E-state index is 0.295. The first-order chi connectivity index (χ1) is 9.25. The van der Waals surface area contributed by atoms with Gasteiger partial charge in [-0.1, -0.05) is 6.07 Å². The maximum Gasteiger partial charge on any atom is 0.255 e. The molecule has 102 valence electrons. The van der Waals surface area contributed by atoms with Crippen LogP contribution in [-0.2, 0) is 0 Å². The van der Waals surface area contributed by atoms with Crippen LogP contribution in [0.2, 0.25) is 0 Å². The molecule has 0 radical (unpaired) electrons. The Bertz CT molecular complexity index is 492. The van der Waals surface area contributed by atoms with E-state index >= 15 is 0 Å². The summed E-state index contributed by atoms with van der Waals surface area (Å²) in [4.78, 5) is 12.2. The normalized spacial score (nSPS) is 25.1. The van der Waals surface area contributed by atoms with Crippen molar-refractivity contribution in [3.8, 4) is 11.5 Å². The highest BCUT2D eigenvalue weighted by Crippen LogP contribution is 2.34. The van der Waals surface area contributed by atoms with Gasteiger partial charge in [0.05, 0.1) is 11.6 Å². The summed E-state index contributed by atoms with van der Waals surface area (Å²) in [5.41, 5.74) is 0.413. The second kappa shape index (κ2) is 5.07. The van der Waals surface area contributed by atoms with Crippen molar-refractivity contribution in [3.63, 3.8) is 0 Å². The third kappa shape index (κ3) is 2.37. The van der Waals surface area contributed by atoms with E-state index in [1.54, 1.807) is 18.2 Å². The van der Waals surface area contributed by atoms with Crippen molar-refractivity contribution in [1.82, 2.24) is 5.32 Å². The topological polar surface area (TPSA) is 47.6 Å². The number of amides is 1. The Morgan fingerprint density at radius 3 is 2.89 bits per heavy atom. The molecule has 1 N–H and O–H groups in total. The number of ether oxygens (including phenoxy) is 2. The maximum atomic E-state index is 13.5. The van der Waals surface area contributed by atoms with Gasteiger partial charge in [-0.3, -0.25) is 4.79 Å². The lowest BCUT2D eigenvalue weighted by molar-refractivity contribution is 0.0908. The molecule has 1 aliphatic carbocycles. The molecule has 4 nitrogen and oxygen atoms in total. The number of alkyl halides is 1. The quantitative estimate of drug-likeness (QED) is 0.890. The van der Waals surface area contributed by atoms with Gasteiger partial charge in [-0.25, -0.2) is 4.39 Å². The lowest BCUT2D eigenvalue weighted by Crippen LogP contribution is -2.38. The highest BCUT2D eigenvalue weighted by atomic mass is 19.1. The van der Waals surface area contributed by atoms with E-state index in [1.807, 2.05) is 0 Å². The van der Waals surface area contributed by atoms with Crippen LogP contribution in [0.15, 0.2) is 18.2 Å². The zero-order chi connectivity index (χ0) is 13.2. The number of para-hydroxylation sites is 1. The highest BCUT2D eigenvalue weighted by Gasteiger charge is 2.30. The number of carbonyl (C=O) groups excluding carboxylic acids is 1. The Kier molecular flexibility index (Phi) is 3.27. The van der Waals surface area contributed by atoms with Crippen LogP contribution in [0.4, 0.5) is 4.39 Å². The SMILES string of the molecule is O=C(NC1CCCC1F)c1cccc2c1OCCO2. The fourth-order valence-corrected chi connectivity index (χ4v) is 2.58. The molecule has 1 fully saturated rings. The molecule has 0 bridgehead atoms. The molecule has 19 heavy (non-hydrogen) atoms. The van der Waals surface area contributed by atoms with Crippen molar-refractivity contribution in [1.29, 1.82) is 0 Å². The van der Waals surface area contributed by atoms with E-state index in [-0.39, 0.29) is 11.9 Å². The van der Waals surface area contributed by atoms with E-state index < -0.39 is 6.17 Å². The molecule has 0 aromatic heterocycles. The Morgan fingerprint density at radius 2 is 2.11 bits per heavy atom. The van der Waals surface area contributed by atoms with Gasteiger partial charge in [0.25, 0.3) is 5.91 Å². The van der Waals surface area contributed by atoms with Crippen molar-refractivity contribution in [2.45, 2.75) is 31.5 Å². The van der Waals surface area contributed by atoms with Gasteiger partial charge >= 0.3 is 0 Å². The summed E-state index contributed by atoms with van der Waals surface area (Å²) in [5, 5.41) is 2.75. The first-order valence-corrected chi connectivity index (χ1v) is 6.59. The minimum atomic E-state index is -0.944. The van der Waals surface area contributed by atoms with E-state index in [0.29, 0.717) is 43.1 Å². The van der Waals surface area contributed by atoms with Crippen LogP contribution in [0.5, 0.6) is 11.5 Å². The predicted molar refractivity (Wildman–Crippen MR) is 67.4 cm³/mol. The number of hydrogen-bond acceptors (Lipinski definition) is 3. The van der Waals surface area contributed by atoms with E-state index in [2.05, 4.69) is 5.32 Å². The van der Waals surface area contributed by atoms with Crippen LogP contribution in [0, 0.1) is 0 Å².